The first-order valence-electron chi connectivity index (χ1n) is 9.37. The zero-order valence-electron chi connectivity index (χ0n) is 16.3. The summed E-state index contributed by atoms with van der Waals surface area (Å²) in [5.41, 5.74) is 0. The van der Waals surface area contributed by atoms with E-state index in [0.717, 1.165) is 0 Å². The SMILES string of the molecule is CC(=O)CC1=NC2(N=C(CC3=NC4(N=C(CC5=NC6(N=C(CC(C)=O)O6)O5)O4)O3)O2)O1. The van der Waals surface area contributed by atoms with E-state index in [2.05, 4.69) is 30.0 Å². The molecule has 6 heterocycles. The molecule has 0 amide bonds. The van der Waals surface area contributed by atoms with Crippen LogP contribution in [0.15, 0.2) is 30.0 Å². The molecule has 6 rings (SSSR count). The number of ketones is 2. The van der Waals surface area contributed by atoms with E-state index < -0.39 is 18.1 Å². The Morgan fingerprint density at radius 2 is 0.774 bits per heavy atom. The zero-order chi connectivity index (χ0) is 21.4. The summed E-state index contributed by atoms with van der Waals surface area (Å²) >= 11 is 0. The molecule has 0 fully saturated rings. The molecule has 0 aromatic heterocycles. The Kier molecular flexibility index (Phi) is 3.27. The molecule has 2 unspecified atom stereocenters. The topological polar surface area (TPSA) is 164 Å². The highest BCUT2D eigenvalue weighted by atomic mass is 16.8. The second kappa shape index (κ2) is 5.65. The van der Waals surface area contributed by atoms with Crippen LogP contribution in [0.4, 0.5) is 0 Å². The van der Waals surface area contributed by atoms with Gasteiger partial charge in [0.1, 0.15) is 24.4 Å². The van der Waals surface area contributed by atoms with E-state index >= 15 is 0 Å². The fourth-order valence-electron chi connectivity index (χ4n) is 3.32. The minimum atomic E-state index is -1.37. The number of carbonyl (C=O) groups is 2. The molecular formula is C17H14N6O8. The van der Waals surface area contributed by atoms with Crippen molar-refractivity contribution in [1.82, 2.24) is 0 Å². The number of hydrogen-bond donors (Lipinski definition) is 0. The molecule has 6 aliphatic rings. The Morgan fingerprint density at radius 3 is 1.00 bits per heavy atom. The summed E-state index contributed by atoms with van der Waals surface area (Å²) in [6.45, 7) is 2.89. The van der Waals surface area contributed by atoms with Gasteiger partial charge in [-0.3, -0.25) is 9.59 Å². The lowest BCUT2D eigenvalue weighted by Gasteiger charge is -2.43. The quantitative estimate of drug-likeness (QED) is 0.524. The zero-order valence-corrected chi connectivity index (χ0v) is 16.3. The first kappa shape index (κ1) is 18.0. The number of rotatable bonds is 8. The number of Topliss-reactive ketones (excluding diaryl/α,β-unsaturated/α-hetero) is 2. The van der Waals surface area contributed by atoms with Gasteiger partial charge in [-0.2, -0.15) is 0 Å². The summed E-state index contributed by atoms with van der Waals surface area (Å²) in [6, 6.07) is -4.06. The van der Waals surface area contributed by atoms with E-state index in [4.69, 9.17) is 28.4 Å². The first-order chi connectivity index (χ1) is 14.7. The predicted octanol–water partition coefficient (Wildman–Crippen LogP) is 0.131. The fraction of sp³-hybridized carbons (Fsp3) is 0.529. The highest BCUT2D eigenvalue weighted by Crippen LogP contribution is 2.41. The number of hydrogen-bond acceptors (Lipinski definition) is 14. The van der Waals surface area contributed by atoms with Gasteiger partial charge in [0.2, 0.25) is 35.4 Å². The predicted molar refractivity (Wildman–Crippen MR) is 99.1 cm³/mol. The lowest BCUT2D eigenvalue weighted by Crippen LogP contribution is -2.57. The maximum absolute atomic E-state index is 11.0. The number of nitrogens with zero attached hydrogens (tertiary/aromatic N) is 6. The van der Waals surface area contributed by atoms with E-state index in [1.54, 1.807) is 0 Å². The largest absolute Gasteiger partial charge is 0.478 e. The van der Waals surface area contributed by atoms with Crippen LogP contribution in [-0.2, 0) is 38.0 Å². The molecule has 0 aromatic carbocycles. The Morgan fingerprint density at radius 1 is 0.548 bits per heavy atom. The van der Waals surface area contributed by atoms with Gasteiger partial charge in [0.25, 0.3) is 0 Å². The number of aliphatic imine (C=N–C) groups is 6. The van der Waals surface area contributed by atoms with Crippen molar-refractivity contribution in [3.8, 4) is 0 Å². The molecule has 0 aromatic rings. The molecule has 0 N–H and O–H groups in total. The molecule has 14 nitrogen and oxygen atoms in total. The minimum Gasteiger partial charge on any atom is -0.401 e. The van der Waals surface area contributed by atoms with E-state index in [1.165, 1.54) is 13.8 Å². The second-order valence-corrected chi connectivity index (χ2v) is 7.40. The third kappa shape index (κ3) is 2.93. The van der Waals surface area contributed by atoms with Gasteiger partial charge in [0.05, 0.1) is 12.8 Å². The van der Waals surface area contributed by atoms with Gasteiger partial charge < -0.3 is 28.4 Å². The summed E-state index contributed by atoms with van der Waals surface area (Å²) in [5.74, 6) is 1.86. The van der Waals surface area contributed by atoms with Gasteiger partial charge in [-0.15, -0.1) is 30.0 Å². The minimum absolute atomic E-state index is 0.0563. The Labute approximate surface area is 173 Å². The van der Waals surface area contributed by atoms with Gasteiger partial charge in [-0.1, -0.05) is 0 Å². The van der Waals surface area contributed by atoms with Crippen molar-refractivity contribution in [2.45, 2.75) is 57.6 Å². The van der Waals surface area contributed by atoms with Gasteiger partial charge in [0, 0.05) is 0 Å². The van der Waals surface area contributed by atoms with Gasteiger partial charge in [-0.25, -0.2) is 0 Å². The first-order valence-corrected chi connectivity index (χ1v) is 9.37. The van der Waals surface area contributed by atoms with Crippen molar-refractivity contribution in [3.05, 3.63) is 0 Å². The molecule has 6 aliphatic heterocycles. The standard InChI is InChI=1S/C17H14N6O8/c1-7(24)3-9-18-15(26-9)20-11(28-15)5-13-22-17(30-13)23-14(31-17)6-12-21-16(29-12)19-10(27-16)4-8(2)25/h3-6H2,1-2H3. The number of carbonyl (C=O) groups excluding carboxylic acids is 2. The maximum atomic E-state index is 11.0. The van der Waals surface area contributed by atoms with E-state index in [1.807, 2.05) is 0 Å². The average Bonchev–Trinajstić information content (AvgIpc) is 2.47. The van der Waals surface area contributed by atoms with Crippen molar-refractivity contribution in [2.75, 3.05) is 0 Å². The molecular weight excluding hydrogens is 416 g/mol. The Bertz CT molecular complexity index is 1050. The summed E-state index contributed by atoms with van der Waals surface area (Å²) < 4.78 is 32.2. The smallest absolute Gasteiger partial charge is 0.401 e. The number of ether oxygens (including phenoxy) is 6. The summed E-state index contributed by atoms with van der Waals surface area (Å²) in [4.78, 5) is 46.6. The van der Waals surface area contributed by atoms with Crippen LogP contribution >= 0.6 is 0 Å². The monoisotopic (exact) mass is 430 g/mol. The van der Waals surface area contributed by atoms with Crippen molar-refractivity contribution >= 4 is 47.0 Å². The molecule has 0 saturated heterocycles. The van der Waals surface area contributed by atoms with Crippen LogP contribution < -0.4 is 0 Å². The molecule has 2 atom stereocenters. The molecule has 31 heavy (non-hydrogen) atoms. The highest BCUT2D eigenvalue weighted by Gasteiger charge is 2.58. The highest BCUT2D eigenvalue weighted by molar-refractivity contribution is 6.05. The summed E-state index contributed by atoms with van der Waals surface area (Å²) in [7, 11) is 0. The Hall–Kier alpha value is -3.84. The average molecular weight is 430 g/mol. The van der Waals surface area contributed by atoms with E-state index in [0.29, 0.717) is 35.4 Å². The van der Waals surface area contributed by atoms with Gasteiger partial charge in [-0.05, 0) is 13.8 Å². The van der Waals surface area contributed by atoms with Crippen molar-refractivity contribution < 1.29 is 38.0 Å². The lowest BCUT2D eigenvalue weighted by atomic mass is 10.3. The van der Waals surface area contributed by atoms with Crippen LogP contribution in [0.2, 0.25) is 0 Å². The van der Waals surface area contributed by atoms with Crippen LogP contribution in [0.25, 0.3) is 0 Å². The molecule has 0 bridgehead atoms. The third-order valence-corrected chi connectivity index (χ3v) is 4.51. The third-order valence-electron chi connectivity index (χ3n) is 4.51. The maximum Gasteiger partial charge on any atom is 0.478 e. The van der Waals surface area contributed by atoms with Crippen LogP contribution in [0.5, 0.6) is 0 Å². The van der Waals surface area contributed by atoms with Crippen molar-refractivity contribution in [3.63, 3.8) is 0 Å². The van der Waals surface area contributed by atoms with Crippen LogP contribution in [0.3, 0.4) is 0 Å². The summed E-state index contributed by atoms with van der Waals surface area (Å²) in [6.07, 6.45) is 0.640. The fourth-order valence-corrected chi connectivity index (χ4v) is 3.32. The molecule has 0 saturated carbocycles. The van der Waals surface area contributed by atoms with E-state index in [-0.39, 0.29) is 37.2 Å². The van der Waals surface area contributed by atoms with E-state index in [9.17, 15) is 9.59 Å². The van der Waals surface area contributed by atoms with Gasteiger partial charge >= 0.3 is 18.1 Å². The lowest BCUT2D eigenvalue weighted by molar-refractivity contribution is -0.196. The molecule has 0 aliphatic carbocycles. The molecule has 0 radical (unpaired) electrons. The molecule has 3 spiro atoms. The molecule has 160 valence electrons. The van der Waals surface area contributed by atoms with Crippen molar-refractivity contribution in [1.29, 1.82) is 0 Å². The Balaban J connectivity index is 0.971. The van der Waals surface area contributed by atoms with Crippen LogP contribution in [0.1, 0.15) is 39.5 Å². The van der Waals surface area contributed by atoms with Crippen molar-refractivity contribution in [2.24, 2.45) is 30.0 Å². The second-order valence-electron chi connectivity index (χ2n) is 7.40. The van der Waals surface area contributed by atoms with Crippen LogP contribution in [-0.4, -0.2) is 65.1 Å². The normalized spacial score (nSPS) is 34.8. The summed E-state index contributed by atoms with van der Waals surface area (Å²) in [5, 5.41) is 0. The molecule has 14 heteroatoms. The van der Waals surface area contributed by atoms with Gasteiger partial charge in [0.15, 0.2) is 0 Å². The van der Waals surface area contributed by atoms with Crippen LogP contribution in [0, 0.1) is 0 Å².